The van der Waals surface area contributed by atoms with Gasteiger partial charge in [0.15, 0.2) is 0 Å². The molecule has 1 aromatic heterocycles. The quantitative estimate of drug-likeness (QED) is 0.517. The average molecular weight is 472 g/mol. The van der Waals surface area contributed by atoms with Crippen LogP contribution in [0.25, 0.3) is 15.7 Å². The number of nitrogens with zero attached hydrogens (tertiary/aromatic N) is 3. The van der Waals surface area contributed by atoms with E-state index in [1.807, 2.05) is 26.0 Å². The van der Waals surface area contributed by atoms with Crippen LogP contribution in [0, 0.1) is 0 Å². The number of aromatic nitrogens is 1. The maximum absolute atomic E-state index is 5.23. The van der Waals surface area contributed by atoms with E-state index in [4.69, 9.17) is 9.57 Å². The van der Waals surface area contributed by atoms with Gasteiger partial charge in [0, 0.05) is 76.0 Å². The van der Waals surface area contributed by atoms with Gasteiger partial charge in [-0.25, -0.2) is 4.98 Å². The fraction of sp³-hybridized carbons (Fsp3) is 0.588. The summed E-state index contributed by atoms with van der Waals surface area (Å²) in [6.07, 6.45) is 0.100. The van der Waals surface area contributed by atoms with Crippen molar-refractivity contribution in [1.82, 2.24) is 15.2 Å². The summed E-state index contributed by atoms with van der Waals surface area (Å²) >= 11 is 5.94. The molecule has 0 saturated carbocycles. The van der Waals surface area contributed by atoms with Crippen molar-refractivity contribution < 1.29 is 42.3 Å². The van der Waals surface area contributed by atoms with E-state index in [9.17, 15) is 0 Å². The van der Waals surface area contributed by atoms with E-state index in [2.05, 4.69) is 40.4 Å². The van der Waals surface area contributed by atoms with Crippen molar-refractivity contribution in [1.29, 1.82) is 0 Å². The molecule has 143 valence electrons. The first-order valence-electron chi connectivity index (χ1n) is 8.38. The summed E-state index contributed by atoms with van der Waals surface area (Å²) in [6.45, 7) is 9.11. The van der Waals surface area contributed by atoms with Crippen molar-refractivity contribution >= 4 is 34.2 Å². The molecule has 1 aliphatic heterocycles. The third-order valence-electron chi connectivity index (χ3n) is 3.56. The van der Waals surface area contributed by atoms with Crippen LogP contribution in [-0.4, -0.2) is 56.3 Å². The number of piperazine rings is 1. The molecule has 0 spiro atoms. The number of nitrogens with one attached hydrogen (secondary N) is 1. The molecule has 26 heavy (non-hydrogen) atoms. The second-order valence-electron chi connectivity index (χ2n) is 6.09. The van der Waals surface area contributed by atoms with Gasteiger partial charge in [-0.05, 0) is 27.0 Å². The molecule has 2 heterocycles. The van der Waals surface area contributed by atoms with Crippen LogP contribution in [0.2, 0.25) is 0 Å². The topological polar surface area (TPSA) is 60.7 Å². The van der Waals surface area contributed by atoms with Gasteiger partial charge in [0.25, 0.3) is 0 Å². The fourth-order valence-corrected chi connectivity index (χ4v) is 3.41. The summed E-state index contributed by atoms with van der Waals surface area (Å²) in [4.78, 5) is 12.8. The number of hydrogen-bond acceptors (Lipinski definition) is 7. The zero-order valence-electron chi connectivity index (χ0n) is 15.9. The SMILES string of the molecule is CN1CCNCC1.COc1cc2sc(C[N-]OC(C)C)nc2cc1S.[Y]. The van der Waals surface area contributed by atoms with Gasteiger partial charge in [-0.3, -0.25) is 0 Å². The van der Waals surface area contributed by atoms with E-state index >= 15 is 0 Å². The second kappa shape index (κ2) is 12.6. The van der Waals surface area contributed by atoms with Crippen LogP contribution in [0.4, 0.5) is 0 Å². The number of ether oxygens (including phenoxy) is 1. The minimum absolute atomic E-state index is 0. The number of thiol groups is 1. The van der Waals surface area contributed by atoms with E-state index in [-0.39, 0.29) is 38.8 Å². The third kappa shape index (κ3) is 8.06. The minimum atomic E-state index is 0. The van der Waals surface area contributed by atoms with Gasteiger partial charge in [0.1, 0.15) is 5.75 Å². The van der Waals surface area contributed by atoms with E-state index in [0.717, 1.165) is 39.0 Å². The maximum Gasteiger partial charge on any atom is 0.133 e. The van der Waals surface area contributed by atoms with Gasteiger partial charge in [-0.1, -0.05) is 6.54 Å². The van der Waals surface area contributed by atoms with Crippen LogP contribution in [-0.2, 0) is 44.1 Å². The predicted octanol–water partition coefficient (Wildman–Crippen LogP) is 3.33. The zero-order valence-corrected chi connectivity index (χ0v) is 20.4. The van der Waals surface area contributed by atoms with Gasteiger partial charge in [-0.15, -0.1) is 24.0 Å². The number of likely N-dealkylation sites (N-methyl/N-ethyl adjacent to an activating group) is 1. The van der Waals surface area contributed by atoms with Crippen molar-refractivity contribution in [2.24, 2.45) is 0 Å². The van der Waals surface area contributed by atoms with Gasteiger partial charge < -0.3 is 25.3 Å². The van der Waals surface area contributed by atoms with Gasteiger partial charge >= 0.3 is 0 Å². The smallest absolute Gasteiger partial charge is 0.133 e. The van der Waals surface area contributed by atoms with E-state index in [0.29, 0.717) is 6.54 Å². The molecule has 1 radical (unpaired) electrons. The Kier molecular flexibility index (Phi) is 11.8. The number of rotatable bonds is 5. The van der Waals surface area contributed by atoms with Crippen molar-refractivity contribution in [3.8, 4) is 5.75 Å². The number of hydrogen-bond donors (Lipinski definition) is 2. The maximum atomic E-state index is 5.23. The molecule has 2 aromatic rings. The number of methoxy groups -OCH3 is 1. The Hall–Kier alpha value is 0.204. The Labute approximate surface area is 190 Å². The molecule has 1 N–H and O–H groups in total. The first kappa shape index (κ1) is 24.2. The molecule has 6 nitrogen and oxygen atoms in total. The second-order valence-corrected chi connectivity index (χ2v) is 7.69. The third-order valence-corrected chi connectivity index (χ3v) is 4.91. The van der Waals surface area contributed by atoms with Crippen LogP contribution < -0.4 is 10.1 Å². The van der Waals surface area contributed by atoms with Crippen molar-refractivity contribution in [3.63, 3.8) is 0 Å². The Morgan fingerprint density at radius 1 is 1.35 bits per heavy atom. The number of thiazole rings is 1. The monoisotopic (exact) mass is 472 g/mol. The minimum Gasteiger partial charge on any atom is -0.528 e. The molecule has 0 aliphatic carbocycles. The van der Waals surface area contributed by atoms with E-state index in [1.165, 1.54) is 13.1 Å². The molecule has 1 aliphatic rings. The van der Waals surface area contributed by atoms with Crippen LogP contribution in [0.3, 0.4) is 0 Å². The largest absolute Gasteiger partial charge is 0.528 e. The van der Waals surface area contributed by atoms with Gasteiger partial charge in [-0.2, -0.15) is 0 Å². The fourth-order valence-electron chi connectivity index (χ4n) is 2.24. The van der Waals surface area contributed by atoms with E-state index < -0.39 is 0 Å². The summed E-state index contributed by atoms with van der Waals surface area (Å²) in [6, 6.07) is 3.85. The molecule has 1 fully saturated rings. The van der Waals surface area contributed by atoms with Gasteiger partial charge in [0.2, 0.25) is 0 Å². The summed E-state index contributed by atoms with van der Waals surface area (Å²) in [5.41, 5.74) is 4.92. The molecule has 3 rings (SSSR count). The molecule has 0 atom stereocenters. The standard InChI is InChI=1S/C12H15N2O2S2.C5H12N2.Y/c1-7(2)16-13-6-12-14-8-4-10(17)9(15-3)5-11(8)18-12;1-7-4-2-6-3-5-7;/h4-5,7,17H,6H2,1-3H3;6H,2-5H2,1H3;/q-1;;. The molecule has 0 bridgehead atoms. The van der Waals surface area contributed by atoms with Gasteiger partial charge in [0.05, 0.1) is 22.3 Å². The Morgan fingerprint density at radius 2 is 2.04 bits per heavy atom. The number of fused-ring (bicyclic) bond motifs is 1. The molecule has 0 unspecified atom stereocenters. The Morgan fingerprint density at radius 3 is 2.58 bits per heavy atom. The summed E-state index contributed by atoms with van der Waals surface area (Å²) in [5.74, 6) is 0.761. The van der Waals surface area contributed by atoms with Crippen molar-refractivity contribution in [3.05, 3.63) is 22.6 Å². The number of benzene rings is 1. The molecular weight excluding hydrogens is 445 g/mol. The molecule has 9 heteroatoms. The molecule has 1 aromatic carbocycles. The Balaban J connectivity index is 0.000000357. The average Bonchev–Trinajstić information content (AvgIpc) is 2.96. The van der Waals surface area contributed by atoms with Crippen molar-refractivity contribution in [2.75, 3.05) is 40.3 Å². The summed E-state index contributed by atoms with van der Waals surface area (Å²) < 4.78 is 6.30. The van der Waals surface area contributed by atoms with Crippen LogP contribution in [0.15, 0.2) is 17.0 Å². The molecular formula is C17H27N4O2S2Y-. The summed E-state index contributed by atoms with van der Waals surface area (Å²) in [7, 11) is 3.79. The molecule has 0 amide bonds. The van der Waals surface area contributed by atoms with E-state index in [1.54, 1.807) is 18.4 Å². The van der Waals surface area contributed by atoms with Crippen molar-refractivity contribution in [2.45, 2.75) is 31.4 Å². The van der Waals surface area contributed by atoms with Crippen LogP contribution >= 0.6 is 24.0 Å². The zero-order chi connectivity index (χ0) is 18.2. The van der Waals surface area contributed by atoms with Crippen LogP contribution in [0.5, 0.6) is 5.75 Å². The first-order valence-corrected chi connectivity index (χ1v) is 9.64. The Bertz CT molecular complexity index is 663. The summed E-state index contributed by atoms with van der Waals surface area (Å²) in [5, 5.41) is 4.20. The first-order chi connectivity index (χ1) is 12.0. The number of hydroxylamine groups is 1. The molecule has 1 saturated heterocycles. The predicted molar refractivity (Wildman–Crippen MR) is 107 cm³/mol. The van der Waals surface area contributed by atoms with Crippen LogP contribution in [0.1, 0.15) is 18.9 Å². The normalized spacial score (nSPS) is 14.7.